The van der Waals surface area contributed by atoms with E-state index >= 15 is 0 Å². The van der Waals surface area contributed by atoms with Gasteiger partial charge in [0, 0.05) is 25.2 Å². The van der Waals surface area contributed by atoms with E-state index in [2.05, 4.69) is 5.32 Å². The third-order valence-electron chi connectivity index (χ3n) is 5.73. The van der Waals surface area contributed by atoms with E-state index in [1.807, 2.05) is 58.0 Å². The quantitative estimate of drug-likeness (QED) is 0.604. The fraction of sp³-hybridized carbons (Fsp3) is 0.423. The Morgan fingerprint density at radius 2 is 1.67 bits per heavy atom. The molecule has 0 saturated carbocycles. The smallest absolute Gasteiger partial charge is 0.411 e. The summed E-state index contributed by atoms with van der Waals surface area (Å²) >= 11 is 0. The van der Waals surface area contributed by atoms with Crippen LogP contribution < -0.4 is 5.32 Å². The first kappa shape index (κ1) is 24.3. The summed E-state index contributed by atoms with van der Waals surface area (Å²) in [7, 11) is 0. The lowest BCUT2D eigenvalue weighted by Crippen LogP contribution is -2.48. The Balaban J connectivity index is 1.86. The molecule has 33 heavy (non-hydrogen) atoms. The van der Waals surface area contributed by atoms with Gasteiger partial charge in [0.05, 0.1) is 6.54 Å². The van der Waals surface area contributed by atoms with Gasteiger partial charge in [0.25, 0.3) is 0 Å². The lowest BCUT2D eigenvalue weighted by Gasteiger charge is -2.29. The van der Waals surface area contributed by atoms with Gasteiger partial charge in [0.15, 0.2) is 12.1 Å². The molecule has 2 unspecified atom stereocenters. The first-order valence-electron chi connectivity index (χ1n) is 11.5. The highest BCUT2D eigenvalue weighted by molar-refractivity contribution is 5.91. The molecule has 7 heteroatoms. The molecule has 176 valence electrons. The molecule has 1 fully saturated rings. The minimum absolute atomic E-state index is 0.0475. The Kier molecular flexibility index (Phi) is 8.09. The number of benzene rings is 2. The summed E-state index contributed by atoms with van der Waals surface area (Å²) in [4.78, 5) is 41.6. The monoisotopic (exact) mass is 451 g/mol. The highest BCUT2D eigenvalue weighted by Crippen LogP contribution is 2.35. The van der Waals surface area contributed by atoms with Gasteiger partial charge < -0.3 is 15.0 Å². The number of cyclic esters (lactones) is 1. The predicted octanol–water partition coefficient (Wildman–Crippen LogP) is 4.60. The SMILES string of the molecule is CCN(CC)C(=O)C1C(c2ccc(NC(=O)CC(C)C)cc2)OC(=O)N1Cc1ccccc1. The zero-order chi connectivity index (χ0) is 24.0. The molecule has 1 aliphatic rings. The zero-order valence-electron chi connectivity index (χ0n) is 19.8. The number of hydrogen-bond donors (Lipinski definition) is 1. The molecule has 2 aromatic rings. The third kappa shape index (κ3) is 5.92. The van der Waals surface area contributed by atoms with E-state index in [4.69, 9.17) is 4.74 Å². The zero-order valence-corrected chi connectivity index (χ0v) is 19.8. The maximum Gasteiger partial charge on any atom is 0.411 e. The second-order valence-corrected chi connectivity index (χ2v) is 8.64. The summed E-state index contributed by atoms with van der Waals surface area (Å²) in [6, 6.07) is 16.0. The first-order chi connectivity index (χ1) is 15.8. The highest BCUT2D eigenvalue weighted by atomic mass is 16.6. The Morgan fingerprint density at radius 3 is 2.24 bits per heavy atom. The number of nitrogens with zero attached hydrogens (tertiary/aromatic N) is 2. The van der Waals surface area contributed by atoms with Crippen molar-refractivity contribution in [3.63, 3.8) is 0 Å². The average Bonchev–Trinajstić information content (AvgIpc) is 3.11. The van der Waals surface area contributed by atoms with Crippen LogP contribution in [0, 0.1) is 5.92 Å². The molecule has 3 amide bonds. The molecular formula is C26H33N3O4. The summed E-state index contributed by atoms with van der Waals surface area (Å²) in [5.74, 6) is 0.0828. The van der Waals surface area contributed by atoms with Crippen LogP contribution in [0.2, 0.25) is 0 Å². The molecule has 2 aromatic carbocycles. The van der Waals surface area contributed by atoms with E-state index in [0.29, 0.717) is 30.8 Å². The van der Waals surface area contributed by atoms with Gasteiger partial charge in [-0.15, -0.1) is 0 Å². The number of anilines is 1. The van der Waals surface area contributed by atoms with Crippen LogP contribution in [0.3, 0.4) is 0 Å². The van der Waals surface area contributed by atoms with Crippen LogP contribution in [0.15, 0.2) is 54.6 Å². The lowest BCUT2D eigenvalue weighted by atomic mass is 9.99. The molecule has 0 bridgehead atoms. The summed E-state index contributed by atoms with van der Waals surface area (Å²) < 4.78 is 5.73. The number of hydrogen-bond acceptors (Lipinski definition) is 4. The molecule has 7 nitrogen and oxygen atoms in total. The predicted molar refractivity (Wildman–Crippen MR) is 127 cm³/mol. The van der Waals surface area contributed by atoms with Gasteiger partial charge in [-0.05, 0) is 43.0 Å². The molecule has 0 aromatic heterocycles. The Labute approximate surface area is 195 Å². The van der Waals surface area contributed by atoms with E-state index in [1.165, 1.54) is 4.90 Å². The molecule has 1 N–H and O–H groups in total. The van der Waals surface area contributed by atoms with Gasteiger partial charge in [-0.1, -0.05) is 56.3 Å². The van der Waals surface area contributed by atoms with Gasteiger partial charge in [0.1, 0.15) is 0 Å². The Hall–Kier alpha value is -3.35. The molecule has 1 aliphatic heterocycles. The van der Waals surface area contributed by atoms with Crippen molar-refractivity contribution in [3.05, 3.63) is 65.7 Å². The fourth-order valence-corrected chi connectivity index (χ4v) is 4.04. The van der Waals surface area contributed by atoms with Gasteiger partial charge in [-0.3, -0.25) is 14.5 Å². The van der Waals surface area contributed by atoms with E-state index in [9.17, 15) is 14.4 Å². The van der Waals surface area contributed by atoms with Crippen LogP contribution in [0.5, 0.6) is 0 Å². The molecule has 0 spiro atoms. The van der Waals surface area contributed by atoms with E-state index in [0.717, 1.165) is 5.56 Å². The topological polar surface area (TPSA) is 79.0 Å². The fourth-order valence-electron chi connectivity index (χ4n) is 4.04. The standard InChI is InChI=1S/C26H33N3O4/c1-5-28(6-2)25(31)23-24(33-26(32)29(23)17-19-10-8-7-9-11-19)20-12-14-21(15-13-20)27-22(30)16-18(3)4/h7-15,18,23-24H,5-6,16-17H2,1-4H3,(H,27,30). The van der Waals surface area contributed by atoms with Crippen molar-refractivity contribution in [2.24, 2.45) is 5.92 Å². The van der Waals surface area contributed by atoms with Gasteiger partial charge in [-0.2, -0.15) is 0 Å². The van der Waals surface area contributed by atoms with Crippen molar-refractivity contribution in [1.82, 2.24) is 9.80 Å². The summed E-state index contributed by atoms with van der Waals surface area (Å²) in [5, 5.41) is 2.88. The molecular weight excluding hydrogens is 418 g/mol. The Morgan fingerprint density at radius 1 is 1.03 bits per heavy atom. The number of carbonyl (C=O) groups excluding carboxylic acids is 3. The number of carbonyl (C=O) groups is 3. The average molecular weight is 452 g/mol. The maximum absolute atomic E-state index is 13.4. The Bertz CT molecular complexity index is 955. The lowest BCUT2D eigenvalue weighted by molar-refractivity contribution is -0.136. The van der Waals surface area contributed by atoms with Gasteiger partial charge in [0.2, 0.25) is 11.8 Å². The largest absolute Gasteiger partial charge is 0.438 e. The summed E-state index contributed by atoms with van der Waals surface area (Å²) in [6.07, 6.45) is -0.796. The molecule has 0 aliphatic carbocycles. The number of nitrogens with one attached hydrogen (secondary N) is 1. The number of ether oxygens (including phenoxy) is 1. The van der Waals surface area contributed by atoms with Crippen molar-refractivity contribution >= 4 is 23.6 Å². The highest BCUT2D eigenvalue weighted by Gasteiger charge is 2.48. The molecule has 0 radical (unpaired) electrons. The number of likely N-dealkylation sites (N-methyl/N-ethyl adjacent to an activating group) is 1. The van der Waals surface area contributed by atoms with E-state index in [1.54, 1.807) is 29.2 Å². The van der Waals surface area contributed by atoms with Crippen molar-refractivity contribution < 1.29 is 19.1 Å². The summed E-state index contributed by atoms with van der Waals surface area (Å²) in [5.41, 5.74) is 2.31. The van der Waals surface area contributed by atoms with Crippen molar-refractivity contribution in [2.75, 3.05) is 18.4 Å². The number of rotatable bonds is 9. The molecule has 1 heterocycles. The minimum Gasteiger partial charge on any atom is -0.438 e. The van der Waals surface area contributed by atoms with Crippen LogP contribution >= 0.6 is 0 Å². The first-order valence-corrected chi connectivity index (χ1v) is 11.5. The van der Waals surface area contributed by atoms with Crippen LogP contribution in [0.4, 0.5) is 10.5 Å². The molecule has 1 saturated heterocycles. The molecule has 3 rings (SSSR count). The van der Waals surface area contributed by atoms with Crippen LogP contribution in [0.25, 0.3) is 0 Å². The van der Waals surface area contributed by atoms with Crippen molar-refractivity contribution in [2.45, 2.75) is 52.8 Å². The van der Waals surface area contributed by atoms with Crippen LogP contribution in [0.1, 0.15) is 51.3 Å². The second kappa shape index (κ2) is 11.0. The van der Waals surface area contributed by atoms with E-state index < -0.39 is 18.2 Å². The maximum atomic E-state index is 13.4. The number of amides is 3. The minimum atomic E-state index is -0.765. The van der Waals surface area contributed by atoms with Crippen molar-refractivity contribution in [1.29, 1.82) is 0 Å². The van der Waals surface area contributed by atoms with Gasteiger partial charge >= 0.3 is 6.09 Å². The third-order valence-corrected chi connectivity index (χ3v) is 5.73. The normalized spacial score (nSPS) is 17.7. The molecule has 2 atom stereocenters. The summed E-state index contributed by atoms with van der Waals surface area (Å²) in [6.45, 7) is 9.21. The van der Waals surface area contributed by atoms with E-state index in [-0.39, 0.29) is 24.3 Å². The second-order valence-electron chi connectivity index (χ2n) is 8.64. The van der Waals surface area contributed by atoms with Gasteiger partial charge in [-0.25, -0.2) is 4.79 Å². The van der Waals surface area contributed by atoms with Crippen LogP contribution in [-0.2, 0) is 20.9 Å². The van der Waals surface area contributed by atoms with Crippen LogP contribution in [-0.4, -0.2) is 46.8 Å². The van der Waals surface area contributed by atoms with Crippen molar-refractivity contribution in [3.8, 4) is 0 Å².